The number of amides is 1. The van der Waals surface area contributed by atoms with Gasteiger partial charge in [-0.3, -0.25) is 4.79 Å². The maximum absolute atomic E-state index is 11.2. The van der Waals surface area contributed by atoms with Crippen LogP contribution in [-0.4, -0.2) is 28.1 Å². The van der Waals surface area contributed by atoms with E-state index in [1.54, 1.807) is 36.4 Å². The molecule has 0 unspecified atom stereocenters. The number of rotatable bonds is 5. The maximum atomic E-state index is 11.2. The predicted octanol–water partition coefficient (Wildman–Crippen LogP) is 2.93. The highest BCUT2D eigenvalue weighted by atomic mass is 32.1. The second-order valence-corrected chi connectivity index (χ2v) is 5.71. The van der Waals surface area contributed by atoms with Crippen molar-refractivity contribution in [1.29, 1.82) is 0 Å². The molecule has 0 spiro atoms. The Hall–Kier alpha value is -2.93. The molecule has 0 bridgehead atoms. The molecule has 0 aliphatic carbocycles. The summed E-state index contributed by atoms with van der Waals surface area (Å²) in [5, 5.41) is 20.5. The number of thiophene rings is 1. The van der Waals surface area contributed by atoms with Gasteiger partial charge in [-0.25, -0.2) is 9.59 Å². The van der Waals surface area contributed by atoms with E-state index in [9.17, 15) is 14.4 Å². The van der Waals surface area contributed by atoms with E-state index in [4.69, 9.17) is 10.2 Å². The Kier molecular flexibility index (Phi) is 4.92. The van der Waals surface area contributed by atoms with E-state index in [-0.39, 0.29) is 11.5 Å². The minimum atomic E-state index is -1.31. The Bertz CT molecular complexity index is 789. The zero-order valence-corrected chi connectivity index (χ0v) is 12.9. The van der Waals surface area contributed by atoms with Crippen LogP contribution in [0.5, 0.6) is 0 Å². The summed E-state index contributed by atoms with van der Waals surface area (Å²) in [5.41, 5.74) is 1.24. The third-order valence-electron chi connectivity index (χ3n) is 2.86. The molecule has 2 aromatic rings. The molecule has 1 aromatic carbocycles. The highest BCUT2D eigenvalue weighted by Crippen LogP contribution is 2.32. The number of carbonyl (C=O) groups excluding carboxylic acids is 1. The first-order valence-electron chi connectivity index (χ1n) is 6.53. The molecule has 0 atom stereocenters. The van der Waals surface area contributed by atoms with Crippen LogP contribution in [0.2, 0.25) is 0 Å². The lowest BCUT2D eigenvalue weighted by molar-refractivity contribution is -0.133. The largest absolute Gasteiger partial charge is 0.478 e. The van der Waals surface area contributed by atoms with E-state index in [0.29, 0.717) is 16.6 Å². The molecule has 3 N–H and O–H groups in total. The van der Waals surface area contributed by atoms with E-state index in [2.05, 4.69) is 5.32 Å². The minimum absolute atomic E-state index is 0.166. The van der Waals surface area contributed by atoms with Gasteiger partial charge in [-0.05, 0) is 29.8 Å². The quantitative estimate of drug-likeness (QED) is 0.731. The molecule has 118 valence electrons. The Morgan fingerprint density at radius 3 is 2.22 bits per heavy atom. The fourth-order valence-electron chi connectivity index (χ4n) is 1.92. The van der Waals surface area contributed by atoms with Crippen LogP contribution in [0, 0.1) is 0 Å². The molecule has 0 saturated carbocycles. The first-order valence-corrected chi connectivity index (χ1v) is 7.34. The second kappa shape index (κ2) is 6.89. The summed E-state index contributed by atoms with van der Waals surface area (Å²) in [7, 11) is 0. The van der Waals surface area contributed by atoms with E-state index in [1.165, 1.54) is 18.3 Å². The summed E-state index contributed by atoms with van der Waals surface area (Å²) in [5.74, 6) is -2.76. The summed E-state index contributed by atoms with van der Waals surface area (Å²) < 4.78 is 0. The summed E-state index contributed by atoms with van der Waals surface area (Å²) >= 11 is 1.18. The van der Waals surface area contributed by atoms with Gasteiger partial charge in [0.05, 0.1) is 5.57 Å². The number of benzene rings is 1. The van der Waals surface area contributed by atoms with Gasteiger partial charge < -0.3 is 15.5 Å². The monoisotopic (exact) mass is 331 g/mol. The molecule has 0 saturated heterocycles. The number of hydrogen-bond donors (Lipinski definition) is 3. The van der Waals surface area contributed by atoms with Gasteiger partial charge in [0.15, 0.2) is 0 Å². The van der Waals surface area contributed by atoms with Gasteiger partial charge in [0.25, 0.3) is 0 Å². The molecular weight excluding hydrogens is 318 g/mol. The Morgan fingerprint density at radius 2 is 1.70 bits per heavy atom. The van der Waals surface area contributed by atoms with E-state index >= 15 is 0 Å². The second-order valence-electron chi connectivity index (χ2n) is 4.62. The number of aliphatic carboxylic acids is 2. The van der Waals surface area contributed by atoms with Crippen LogP contribution in [0.15, 0.2) is 42.5 Å². The van der Waals surface area contributed by atoms with Crippen LogP contribution in [0.1, 0.15) is 11.8 Å². The van der Waals surface area contributed by atoms with Crippen LogP contribution in [0.25, 0.3) is 16.0 Å². The zero-order valence-electron chi connectivity index (χ0n) is 12.1. The van der Waals surface area contributed by atoms with Crippen LogP contribution < -0.4 is 5.32 Å². The number of carbonyl (C=O) groups is 3. The van der Waals surface area contributed by atoms with Gasteiger partial charge in [0.2, 0.25) is 5.91 Å². The molecule has 0 radical (unpaired) electrons. The number of anilines is 1. The van der Waals surface area contributed by atoms with Crippen molar-refractivity contribution in [2.75, 3.05) is 5.32 Å². The lowest BCUT2D eigenvalue weighted by Crippen LogP contribution is -2.05. The van der Waals surface area contributed by atoms with Gasteiger partial charge in [0, 0.05) is 28.4 Å². The van der Waals surface area contributed by atoms with Crippen LogP contribution >= 0.6 is 11.3 Å². The molecule has 6 nitrogen and oxygen atoms in total. The Labute approximate surface area is 135 Å². The maximum Gasteiger partial charge on any atom is 0.337 e. The lowest BCUT2D eigenvalue weighted by Gasteiger charge is -2.03. The molecule has 1 aromatic heterocycles. The lowest BCUT2D eigenvalue weighted by atomic mass is 10.1. The predicted molar refractivity (Wildman–Crippen MR) is 87.3 cm³/mol. The topological polar surface area (TPSA) is 104 Å². The van der Waals surface area contributed by atoms with Gasteiger partial charge in [-0.1, -0.05) is 12.1 Å². The van der Waals surface area contributed by atoms with Gasteiger partial charge in [-0.15, -0.1) is 11.3 Å². The fraction of sp³-hybridized carbons (Fsp3) is 0.0625. The summed E-state index contributed by atoms with van der Waals surface area (Å²) in [6, 6.07) is 10.4. The molecule has 1 heterocycles. The molecular formula is C16H13NO5S. The number of nitrogens with one attached hydrogen (secondary N) is 1. The molecule has 0 fully saturated rings. The highest BCUT2D eigenvalue weighted by molar-refractivity contribution is 7.16. The molecule has 2 rings (SSSR count). The summed E-state index contributed by atoms with van der Waals surface area (Å²) in [6.07, 6.45) is 0.678. The van der Waals surface area contributed by atoms with E-state index in [0.717, 1.165) is 10.4 Å². The van der Waals surface area contributed by atoms with Gasteiger partial charge >= 0.3 is 11.9 Å². The molecule has 7 heteroatoms. The highest BCUT2D eigenvalue weighted by Gasteiger charge is 2.15. The molecule has 0 aliphatic heterocycles. The van der Waals surface area contributed by atoms with Crippen molar-refractivity contribution in [3.8, 4) is 10.4 Å². The number of carboxylic acid groups (broad SMARTS) is 2. The zero-order chi connectivity index (χ0) is 17.0. The fourth-order valence-corrected chi connectivity index (χ4v) is 2.94. The molecule has 0 aliphatic rings. The first-order chi connectivity index (χ1) is 10.9. The van der Waals surface area contributed by atoms with Crippen molar-refractivity contribution >= 4 is 40.4 Å². The molecule has 23 heavy (non-hydrogen) atoms. The Morgan fingerprint density at radius 1 is 1.04 bits per heavy atom. The Balaban J connectivity index is 2.29. The summed E-state index contributed by atoms with van der Waals surface area (Å²) in [6.45, 7) is 1.42. The van der Waals surface area contributed by atoms with Crippen molar-refractivity contribution in [3.05, 3.63) is 47.4 Å². The minimum Gasteiger partial charge on any atom is -0.478 e. The average Bonchev–Trinajstić information content (AvgIpc) is 2.94. The van der Waals surface area contributed by atoms with Gasteiger partial charge in [-0.2, -0.15) is 0 Å². The van der Waals surface area contributed by atoms with Crippen LogP contribution in [-0.2, 0) is 14.4 Å². The number of hydrogen-bond acceptors (Lipinski definition) is 4. The van der Waals surface area contributed by atoms with Crippen molar-refractivity contribution in [1.82, 2.24) is 0 Å². The van der Waals surface area contributed by atoms with Crippen LogP contribution in [0.3, 0.4) is 0 Å². The normalized spacial score (nSPS) is 11.1. The third kappa shape index (κ3) is 4.27. The van der Waals surface area contributed by atoms with Crippen molar-refractivity contribution in [2.45, 2.75) is 6.92 Å². The first kappa shape index (κ1) is 16.4. The smallest absolute Gasteiger partial charge is 0.337 e. The third-order valence-corrected chi connectivity index (χ3v) is 4.03. The van der Waals surface area contributed by atoms with E-state index < -0.39 is 11.9 Å². The van der Waals surface area contributed by atoms with E-state index in [1.807, 2.05) is 0 Å². The average molecular weight is 331 g/mol. The van der Waals surface area contributed by atoms with Gasteiger partial charge in [0.1, 0.15) is 0 Å². The standard InChI is InChI=1S/C16H13NO5S/c1-9(18)17-11-4-2-10(3-5-11)13-6-7-14(23-13)12(16(21)22)8-15(19)20/h2-8H,1H3,(H,17,18)(H,19,20)(H,21,22)/b12-8-. The molecule has 1 amide bonds. The van der Waals surface area contributed by atoms with Crippen LogP contribution in [0.4, 0.5) is 5.69 Å². The van der Waals surface area contributed by atoms with Crippen molar-refractivity contribution < 1.29 is 24.6 Å². The van der Waals surface area contributed by atoms with Crippen molar-refractivity contribution in [3.63, 3.8) is 0 Å². The SMILES string of the molecule is CC(=O)Nc1ccc(-c2ccc(/C(=C/C(=O)O)C(=O)O)s2)cc1. The number of carboxylic acids is 2. The summed E-state index contributed by atoms with van der Waals surface area (Å²) in [4.78, 5) is 34.0. The van der Waals surface area contributed by atoms with Crippen molar-refractivity contribution in [2.24, 2.45) is 0 Å².